The minimum Gasteiger partial charge on any atom is -0.496 e. The molecule has 140 valence electrons. The summed E-state index contributed by atoms with van der Waals surface area (Å²) in [5.74, 6) is 1.55. The molecule has 1 saturated heterocycles. The molecule has 1 aliphatic heterocycles. The summed E-state index contributed by atoms with van der Waals surface area (Å²) in [4.78, 5) is 0. The standard InChI is InChI=1S/C23H32N2O/c1-4-17(2)19-12-13-22(26-3)20(15-19)16-25-21-11-8-14-24-23(21)18-9-6-5-7-10-18/h5-7,9-10,12-13,15,17,21,23-25H,4,8,11,14,16H2,1-3H3/t17?,21-,23-/m0/s1. The van der Waals surface area contributed by atoms with E-state index < -0.39 is 0 Å². The van der Waals surface area contributed by atoms with Gasteiger partial charge in [-0.25, -0.2) is 0 Å². The Morgan fingerprint density at radius 1 is 1.19 bits per heavy atom. The first-order valence-electron chi connectivity index (χ1n) is 9.91. The Kier molecular flexibility index (Phi) is 6.70. The fraction of sp³-hybridized carbons (Fsp3) is 0.478. The normalized spacial score (nSPS) is 21.3. The number of benzene rings is 2. The van der Waals surface area contributed by atoms with Gasteiger partial charge in [0.2, 0.25) is 0 Å². The van der Waals surface area contributed by atoms with Crippen LogP contribution in [0.25, 0.3) is 0 Å². The van der Waals surface area contributed by atoms with E-state index in [9.17, 15) is 0 Å². The summed E-state index contributed by atoms with van der Waals surface area (Å²) >= 11 is 0. The lowest BCUT2D eigenvalue weighted by Gasteiger charge is -2.34. The highest BCUT2D eigenvalue weighted by molar-refractivity contribution is 5.38. The van der Waals surface area contributed by atoms with Gasteiger partial charge in [0, 0.05) is 24.2 Å². The quantitative estimate of drug-likeness (QED) is 0.751. The van der Waals surface area contributed by atoms with Crippen LogP contribution in [0.1, 0.15) is 61.8 Å². The van der Waals surface area contributed by atoms with Crippen molar-refractivity contribution in [2.75, 3.05) is 13.7 Å². The van der Waals surface area contributed by atoms with E-state index in [-0.39, 0.29) is 0 Å². The number of nitrogens with one attached hydrogen (secondary N) is 2. The number of ether oxygens (including phenoxy) is 1. The molecule has 0 amide bonds. The Balaban J connectivity index is 1.74. The summed E-state index contributed by atoms with van der Waals surface area (Å²) in [6, 6.07) is 18.2. The highest BCUT2D eigenvalue weighted by Crippen LogP contribution is 2.28. The van der Waals surface area contributed by atoms with Crippen molar-refractivity contribution in [1.29, 1.82) is 0 Å². The minimum absolute atomic E-state index is 0.369. The Hall–Kier alpha value is -1.84. The Labute approximate surface area is 158 Å². The maximum atomic E-state index is 5.61. The molecule has 3 nitrogen and oxygen atoms in total. The van der Waals surface area contributed by atoms with Gasteiger partial charge in [-0.3, -0.25) is 0 Å². The van der Waals surface area contributed by atoms with Crippen molar-refractivity contribution >= 4 is 0 Å². The first-order valence-corrected chi connectivity index (χ1v) is 9.91. The summed E-state index contributed by atoms with van der Waals surface area (Å²) in [5, 5.41) is 7.50. The molecule has 1 fully saturated rings. The summed E-state index contributed by atoms with van der Waals surface area (Å²) in [6.45, 7) is 6.45. The van der Waals surface area contributed by atoms with Crippen molar-refractivity contribution < 1.29 is 4.74 Å². The van der Waals surface area contributed by atoms with E-state index in [2.05, 4.69) is 73.0 Å². The zero-order chi connectivity index (χ0) is 18.4. The second-order valence-corrected chi connectivity index (χ2v) is 7.35. The van der Waals surface area contributed by atoms with E-state index in [1.165, 1.54) is 29.5 Å². The van der Waals surface area contributed by atoms with Gasteiger partial charge in [0.05, 0.1) is 7.11 Å². The molecule has 2 N–H and O–H groups in total. The zero-order valence-corrected chi connectivity index (χ0v) is 16.3. The molecule has 1 unspecified atom stereocenters. The van der Waals surface area contributed by atoms with Gasteiger partial charge in [-0.15, -0.1) is 0 Å². The van der Waals surface area contributed by atoms with Gasteiger partial charge in [-0.1, -0.05) is 56.3 Å². The molecule has 0 aromatic heterocycles. The smallest absolute Gasteiger partial charge is 0.123 e. The van der Waals surface area contributed by atoms with Crippen molar-refractivity contribution in [3.8, 4) is 5.75 Å². The SMILES string of the molecule is CCC(C)c1ccc(OC)c(CN[C@H]2CCCN[C@H]2c2ccccc2)c1. The summed E-state index contributed by atoms with van der Waals surface area (Å²) in [5.41, 5.74) is 4.01. The molecule has 1 heterocycles. The predicted octanol–water partition coefficient (Wildman–Crippen LogP) is 4.79. The van der Waals surface area contributed by atoms with Gasteiger partial charge in [0.25, 0.3) is 0 Å². The average Bonchev–Trinajstić information content (AvgIpc) is 2.72. The Bertz CT molecular complexity index is 686. The highest BCUT2D eigenvalue weighted by atomic mass is 16.5. The summed E-state index contributed by atoms with van der Waals surface area (Å²) in [7, 11) is 1.76. The van der Waals surface area contributed by atoms with E-state index in [1.807, 2.05) is 0 Å². The third-order valence-corrected chi connectivity index (χ3v) is 5.66. The third kappa shape index (κ3) is 4.46. The number of methoxy groups -OCH3 is 1. The van der Waals surface area contributed by atoms with E-state index in [0.29, 0.717) is 18.0 Å². The van der Waals surface area contributed by atoms with Crippen molar-refractivity contribution in [2.45, 2.75) is 57.7 Å². The molecule has 0 radical (unpaired) electrons. The molecular formula is C23H32N2O. The van der Waals surface area contributed by atoms with E-state index in [4.69, 9.17) is 4.74 Å². The van der Waals surface area contributed by atoms with Gasteiger partial charge in [-0.05, 0) is 48.9 Å². The monoisotopic (exact) mass is 352 g/mol. The number of rotatable bonds is 7. The molecule has 0 aliphatic carbocycles. The number of hydrogen-bond donors (Lipinski definition) is 2. The molecule has 2 aromatic carbocycles. The molecule has 0 spiro atoms. The van der Waals surface area contributed by atoms with Crippen molar-refractivity contribution in [3.63, 3.8) is 0 Å². The van der Waals surface area contributed by atoms with Gasteiger partial charge in [0.15, 0.2) is 0 Å². The molecule has 1 aliphatic rings. The fourth-order valence-corrected chi connectivity index (χ4v) is 3.84. The largest absolute Gasteiger partial charge is 0.496 e. The van der Waals surface area contributed by atoms with Crippen molar-refractivity contribution in [1.82, 2.24) is 10.6 Å². The maximum absolute atomic E-state index is 5.61. The van der Waals surface area contributed by atoms with Crippen molar-refractivity contribution in [2.24, 2.45) is 0 Å². The zero-order valence-electron chi connectivity index (χ0n) is 16.3. The van der Waals surface area contributed by atoms with Gasteiger partial charge in [-0.2, -0.15) is 0 Å². The van der Waals surface area contributed by atoms with E-state index >= 15 is 0 Å². The van der Waals surface area contributed by atoms with E-state index in [0.717, 1.165) is 25.3 Å². The number of hydrogen-bond acceptors (Lipinski definition) is 3. The van der Waals surface area contributed by atoms with Crippen LogP contribution >= 0.6 is 0 Å². The Morgan fingerprint density at radius 3 is 2.73 bits per heavy atom. The Morgan fingerprint density at radius 2 is 2.00 bits per heavy atom. The van der Waals surface area contributed by atoms with Crippen molar-refractivity contribution in [3.05, 3.63) is 65.2 Å². The predicted molar refractivity (Wildman–Crippen MR) is 109 cm³/mol. The van der Waals surface area contributed by atoms with Crippen LogP contribution < -0.4 is 15.4 Å². The lowest BCUT2D eigenvalue weighted by molar-refractivity contribution is 0.303. The lowest BCUT2D eigenvalue weighted by atomic mass is 9.92. The first kappa shape index (κ1) is 18.9. The van der Waals surface area contributed by atoms with Crippen LogP contribution in [0.4, 0.5) is 0 Å². The number of piperidine rings is 1. The van der Waals surface area contributed by atoms with Crippen LogP contribution in [0.5, 0.6) is 5.75 Å². The lowest BCUT2D eigenvalue weighted by Crippen LogP contribution is -2.45. The van der Waals surface area contributed by atoms with Gasteiger partial charge < -0.3 is 15.4 Å². The van der Waals surface area contributed by atoms with Gasteiger partial charge >= 0.3 is 0 Å². The highest BCUT2D eigenvalue weighted by Gasteiger charge is 2.25. The maximum Gasteiger partial charge on any atom is 0.123 e. The second-order valence-electron chi connectivity index (χ2n) is 7.35. The fourth-order valence-electron chi connectivity index (χ4n) is 3.84. The molecule has 2 aromatic rings. The van der Waals surface area contributed by atoms with Crippen LogP contribution in [0.15, 0.2) is 48.5 Å². The molecular weight excluding hydrogens is 320 g/mol. The minimum atomic E-state index is 0.369. The molecule has 3 heteroatoms. The van der Waals surface area contributed by atoms with E-state index in [1.54, 1.807) is 7.11 Å². The second kappa shape index (κ2) is 9.20. The van der Waals surface area contributed by atoms with Gasteiger partial charge in [0.1, 0.15) is 5.75 Å². The molecule has 0 saturated carbocycles. The van der Waals surface area contributed by atoms with Crippen LogP contribution in [-0.4, -0.2) is 19.7 Å². The van der Waals surface area contributed by atoms with Crippen LogP contribution in [0.2, 0.25) is 0 Å². The molecule has 26 heavy (non-hydrogen) atoms. The summed E-state index contributed by atoms with van der Waals surface area (Å²) < 4.78 is 5.61. The van der Waals surface area contributed by atoms with Crippen LogP contribution in [0, 0.1) is 0 Å². The average molecular weight is 353 g/mol. The third-order valence-electron chi connectivity index (χ3n) is 5.66. The first-order chi connectivity index (χ1) is 12.7. The topological polar surface area (TPSA) is 33.3 Å². The molecule has 0 bridgehead atoms. The molecule has 3 rings (SSSR count). The van der Waals surface area contributed by atoms with Crippen LogP contribution in [0.3, 0.4) is 0 Å². The summed E-state index contributed by atoms with van der Waals surface area (Å²) in [6.07, 6.45) is 3.56. The van der Waals surface area contributed by atoms with Crippen LogP contribution in [-0.2, 0) is 6.54 Å². The molecule has 3 atom stereocenters.